The Labute approximate surface area is 110 Å². The van der Waals surface area contributed by atoms with Crippen LogP contribution in [-0.2, 0) is 4.74 Å². The van der Waals surface area contributed by atoms with Gasteiger partial charge in [0.15, 0.2) is 0 Å². The molecular weight excluding hydrogens is 261 g/mol. The molecule has 0 fully saturated rings. The summed E-state index contributed by atoms with van der Waals surface area (Å²) in [6, 6.07) is 2.41. The minimum atomic E-state index is -0.728. The van der Waals surface area contributed by atoms with E-state index in [0.717, 1.165) is 6.07 Å². The zero-order chi connectivity index (χ0) is 13.7. The first-order chi connectivity index (χ1) is 8.43. The van der Waals surface area contributed by atoms with Gasteiger partial charge in [0, 0.05) is 6.07 Å². The van der Waals surface area contributed by atoms with E-state index in [1.54, 1.807) is 6.92 Å². The van der Waals surface area contributed by atoms with E-state index in [-0.39, 0.29) is 23.4 Å². The number of amides is 1. The van der Waals surface area contributed by atoms with Gasteiger partial charge in [0.1, 0.15) is 11.6 Å². The van der Waals surface area contributed by atoms with Crippen LogP contribution in [0.15, 0.2) is 12.1 Å². The third-order valence-electron chi connectivity index (χ3n) is 1.90. The Kier molecular flexibility index (Phi) is 5.22. The van der Waals surface area contributed by atoms with Crippen molar-refractivity contribution in [1.82, 2.24) is 0 Å². The van der Waals surface area contributed by atoms with Crippen molar-refractivity contribution >= 4 is 23.4 Å². The van der Waals surface area contributed by atoms with Crippen molar-refractivity contribution in [2.45, 2.75) is 26.9 Å². The van der Waals surface area contributed by atoms with Crippen LogP contribution in [0.3, 0.4) is 0 Å². The molecule has 0 bridgehead atoms. The third kappa shape index (κ3) is 4.07. The van der Waals surface area contributed by atoms with Gasteiger partial charge in [-0.3, -0.25) is 5.32 Å². The first-order valence-electron chi connectivity index (χ1n) is 5.53. The predicted octanol–water partition coefficient (Wildman–Crippen LogP) is 3.83. The zero-order valence-electron chi connectivity index (χ0n) is 10.4. The molecule has 0 atom stereocenters. The average molecular weight is 276 g/mol. The van der Waals surface area contributed by atoms with Crippen molar-refractivity contribution in [3.8, 4) is 5.75 Å². The quantitative estimate of drug-likeness (QED) is 0.908. The van der Waals surface area contributed by atoms with Crippen LogP contribution in [0.25, 0.3) is 0 Å². The molecule has 1 N–H and O–H groups in total. The Morgan fingerprint density at radius 1 is 1.50 bits per heavy atom. The first-order valence-corrected chi connectivity index (χ1v) is 5.91. The van der Waals surface area contributed by atoms with E-state index in [2.05, 4.69) is 10.1 Å². The Hall–Kier alpha value is -1.49. The summed E-state index contributed by atoms with van der Waals surface area (Å²) < 4.78 is 23.6. The topological polar surface area (TPSA) is 47.6 Å². The number of hydrogen-bond acceptors (Lipinski definition) is 3. The summed E-state index contributed by atoms with van der Waals surface area (Å²) in [7, 11) is 0. The Balaban J connectivity index is 2.94. The normalized spacial score (nSPS) is 10.3. The van der Waals surface area contributed by atoms with E-state index in [1.807, 2.05) is 13.8 Å². The number of benzene rings is 1. The lowest BCUT2D eigenvalue weighted by Crippen LogP contribution is -2.15. The maximum atomic E-state index is 13.6. The summed E-state index contributed by atoms with van der Waals surface area (Å²) in [5, 5.41) is 2.43. The van der Waals surface area contributed by atoms with Crippen molar-refractivity contribution in [3.63, 3.8) is 0 Å². The highest BCUT2D eigenvalue weighted by Gasteiger charge is 2.13. The second kappa shape index (κ2) is 6.44. The van der Waals surface area contributed by atoms with Crippen LogP contribution in [0.5, 0.6) is 5.75 Å². The number of nitrogens with one attached hydrogen (secondary N) is 1. The number of hydrogen-bond donors (Lipinski definition) is 1. The minimum Gasteiger partial charge on any atom is -0.489 e. The fourth-order valence-electron chi connectivity index (χ4n) is 1.25. The first kappa shape index (κ1) is 14.6. The lowest BCUT2D eigenvalue weighted by Gasteiger charge is -2.14. The molecule has 0 saturated heterocycles. The van der Waals surface area contributed by atoms with E-state index in [0.29, 0.717) is 5.75 Å². The summed E-state index contributed by atoms with van der Waals surface area (Å²) in [4.78, 5) is 11.2. The molecule has 0 radical (unpaired) electrons. The standard InChI is InChI=1S/C12H15ClFNO3/c1-4-17-12(16)15-10-6-11(18-7(2)3)8(13)5-9(10)14/h5-7H,4H2,1-3H3,(H,15,16). The van der Waals surface area contributed by atoms with Gasteiger partial charge in [-0.2, -0.15) is 0 Å². The SMILES string of the molecule is CCOC(=O)Nc1cc(OC(C)C)c(Cl)cc1F. The van der Waals surface area contributed by atoms with E-state index in [9.17, 15) is 9.18 Å². The van der Waals surface area contributed by atoms with E-state index < -0.39 is 11.9 Å². The van der Waals surface area contributed by atoms with Crippen molar-refractivity contribution in [3.05, 3.63) is 23.0 Å². The molecule has 6 heteroatoms. The van der Waals surface area contributed by atoms with Crippen molar-refractivity contribution in [2.75, 3.05) is 11.9 Å². The summed E-state index contributed by atoms with van der Waals surface area (Å²) >= 11 is 5.83. The lowest BCUT2D eigenvalue weighted by molar-refractivity contribution is 0.168. The van der Waals surface area contributed by atoms with Gasteiger partial charge in [-0.25, -0.2) is 9.18 Å². The summed E-state index contributed by atoms with van der Waals surface area (Å²) in [6.45, 7) is 5.50. The van der Waals surface area contributed by atoms with E-state index in [4.69, 9.17) is 16.3 Å². The van der Waals surface area contributed by atoms with Gasteiger partial charge in [0.2, 0.25) is 0 Å². The molecule has 0 aromatic heterocycles. The molecule has 100 valence electrons. The molecule has 1 aromatic carbocycles. The van der Waals surface area contributed by atoms with Gasteiger partial charge >= 0.3 is 6.09 Å². The molecule has 0 aliphatic heterocycles. The third-order valence-corrected chi connectivity index (χ3v) is 2.19. The monoisotopic (exact) mass is 275 g/mol. The predicted molar refractivity (Wildman–Crippen MR) is 67.8 cm³/mol. The van der Waals surface area contributed by atoms with Gasteiger partial charge in [0.05, 0.1) is 23.4 Å². The Bertz CT molecular complexity index is 438. The van der Waals surface area contributed by atoms with Gasteiger partial charge in [-0.15, -0.1) is 0 Å². The smallest absolute Gasteiger partial charge is 0.411 e. The van der Waals surface area contributed by atoms with Crippen molar-refractivity contribution in [2.24, 2.45) is 0 Å². The minimum absolute atomic E-state index is 0.0338. The molecule has 0 aliphatic rings. The molecule has 0 unspecified atom stereocenters. The Morgan fingerprint density at radius 2 is 2.17 bits per heavy atom. The summed E-state index contributed by atoms with van der Waals surface area (Å²) in [5.41, 5.74) is -0.0338. The van der Waals surface area contributed by atoms with Gasteiger partial charge < -0.3 is 9.47 Å². The highest BCUT2D eigenvalue weighted by atomic mass is 35.5. The van der Waals surface area contributed by atoms with E-state index in [1.165, 1.54) is 6.07 Å². The molecule has 18 heavy (non-hydrogen) atoms. The fourth-order valence-corrected chi connectivity index (χ4v) is 1.44. The number of rotatable bonds is 4. The van der Waals surface area contributed by atoms with Crippen LogP contribution < -0.4 is 10.1 Å². The number of halogens is 2. The molecule has 4 nitrogen and oxygen atoms in total. The van der Waals surface area contributed by atoms with Crippen LogP contribution in [0.2, 0.25) is 5.02 Å². The fraction of sp³-hybridized carbons (Fsp3) is 0.417. The van der Waals surface area contributed by atoms with Crippen LogP contribution in [-0.4, -0.2) is 18.8 Å². The molecule has 0 saturated carbocycles. The van der Waals surface area contributed by atoms with Crippen molar-refractivity contribution in [1.29, 1.82) is 0 Å². The number of carbonyl (C=O) groups excluding carboxylic acids is 1. The summed E-state index contributed by atoms with van der Waals surface area (Å²) in [6.07, 6.45) is -0.836. The van der Waals surface area contributed by atoms with Crippen molar-refractivity contribution < 1.29 is 18.7 Å². The van der Waals surface area contributed by atoms with Crippen LogP contribution >= 0.6 is 11.6 Å². The van der Waals surface area contributed by atoms with Crippen LogP contribution in [0, 0.1) is 5.82 Å². The maximum Gasteiger partial charge on any atom is 0.411 e. The number of carbonyl (C=O) groups is 1. The number of anilines is 1. The molecular formula is C12H15ClFNO3. The molecule has 0 spiro atoms. The zero-order valence-corrected chi connectivity index (χ0v) is 11.2. The average Bonchev–Trinajstić information content (AvgIpc) is 2.24. The van der Waals surface area contributed by atoms with Crippen LogP contribution in [0.4, 0.5) is 14.9 Å². The molecule has 0 heterocycles. The largest absolute Gasteiger partial charge is 0.489 e. The highest BCUT2D eigenvalue weighted by Crippen LogP contribution is 2.31. The molecule has 1 rings (SSSR count). The second-order valence-corrected chi connectivity index (χ2v) is 4.18. The van der Waals surface area contributed by atoms with Gasteiger partial charge in [-0.1, -0.05) is 11.6 Å². The summed E-state index contributed by atoms with van der Waals surface area (Å²) in [5.74, 6) is -0.343. The second-order valence-electron chi connectivity index (χ2n) is 3.77. The molecule has 1 aromatic rings. The highest BCUT2D eigenvalue weighted by molar-refractivity contribution is 6.32. The number of ether oxygens (including phenoxy) is 2. The molecule has 1 amide bonds. The Morgan fingerprint density at radius 3 is 2.72 bits per heavy atom. The molecule has 0 aliphatic carbocycles. The van der Waals surface area contributed by atoms with Gasteiger partial charge in [0.25, 0.3) is 0 Å². The van der Waals surface area contributed by atoms with Crippen LogP contribution in [0.1, 0.15) is 20.8 Å². The maximum absolute atomic E-state index is 13.6. The van der Waals surface area contributed by atoms with Gasteiger partial charge in [-0.05, 0) is 26.8 Å². The van der Waals surface area contributed by atoms with E-state index >= 15 is 0 Å². The lowest BCUT2D eigenvalue weighted by atomic mass is 10.3.